The first-order chi connectivity index (χ1) is 26.3. The standard InChI is InChI=1S/C35H42N4O17/c1-14-9-22-23(10-15(14)2)39(32-27(36-22)33(47)38-35(48)37-32)11-24(50-16(3)41)28(52-18(5)43)26(51-17(4)42)13-49-34-31(55-21(8)46)30(54-20(7)45)29(53-19(6)44)25(12-40)56-34/h9-10,24-26,28-31,34,40H,11-13H2,1-8H3,(H,38,47,48)/t24-,25+,26+,28-,29+,30-,31+,34-/m0/s1. The van der Waals surface area contributed by atoms with Gasteiger partial charge in [-0.25, -0.2) is 9.78 Å². The Morgan fingerprint density at radius 1 is 0.768 bits per heavy atom. The fourth-order valence-electron chi connectivity index (χ4n) is 6.15. The van der Waals surface area contributed by atoms with Crippen molar-refractivity contribution >= 4 is 46.8 Å². The number of nitrogens with one attached hydrogen (secondary N) is 1. The van der Waals surface area contributed by atoms with Crippen LogP contribution in [-0.4, -0.2) is 123 Å². The van der Waals surface area contributed by atoms with Gasteiger partial charge in [-0.2, -0.15) is 4.98 Å². The lowest BCUT2D eigenvalue weighted by Crippen LogP contribution is -2.63. The van der Waals surface area contributed by atoms with Crippen molar-refractivity contribution in [2.45, 2.75) is 111 Å². The molecule has 304 valence electrons. The van der Waals surface area contributed by atoms with Crippen LogP contribution in [-0.2, 0) is 73.2 Å². The van der Waals surface area contributed by atoms with Crippen LogP contribution in [0.5, 0.6) is 0 Å². The molecule has 1 fully saturated rings. The largest absolute Gasteiger partial charge is 0.457 e. The van der Waals surface area contributed by atoms with E-state index in [0.717, 1.165) is 52.7 Å². The van der Waals surface area contributed by atoms with Crippen molar-refractivity contribution in [1.82, 2.24) is 19.5 Å². The number of ether oxygens (including phenoxy) is 8. The molecule has 21 heteroatoms. The number of benzene rings is 1. The van der Waals surface area contributed by atoms with E-state index in [1.54, 1.807) is 19.1 Å². The fourth-order valence-corrected chi connectivity index (χ4v) is 6.15. The predicted molar refractivity (Wildman–Crippen MR) is 186 cm³/mol. The molecule has 8 atom stereocenters. The zero-order chi connectivity index (χ0) is 41.6. The summed E-state index contributed by atoms with van der Waals surface area (Å²) >= 11 is 0. The number of H-pyrrole nitrogens is 1. The average molecular weight is 791 g/mol. The highest BCUT2D eigenvalue weighted by Crippen LogP contribution is 2.31. The van der Waals surface area contributed by atoms with E-state index in [4.69, 9.17) is 37.9 Å². The van der Waals surface area contributed by atoms with Gasteiger partial charge in [0.05, 0.1) is 30.8 Å². The summed E-state index contributed by atoms with van der Waals surface area (Å²) in [7, 11) is 0. The molecule has 0 bridgehead atoms. The second kappa shape index (κ2) is 18.2. The molecule has 0 saturated carbocycles. The fraction of sp³-hybridized carbons (Fsp3) is 0.543. The Morgan fingerprint density at radius 2 is 1.32 bits per heavy atom. The Balaban J connectivity index is 1.84. The summed E-state index contributed by atoms with van der Waals surface area (Å²) in [5, 5.41) is 10.2. The van der Waals surface area contributed by atoms with Crippen LogP contribution in [0.4, 0.5) is 0 Å². The van der Waals surface area contributed by atoms with Crippen molar-refractivity contribution in [2.75, 3.05) is 13.2 Å². The number of carbonyl (C=O) groups excluding carboxylic acids is 6. The molecule has 0 amide bonds. The second-order valence-corrected chi connectivity index (χ2v) is 12.8. The monoisotopic (exact) mass is 790 g/mol. The summed E-state index contributed by atoms with van der Waals surface area (Å²) in [5.74, 6) is -5.63. The Kier molecular flexibility index (Phi) is 14.0. The Morgan fingerprint density at radius 3 is 1.89 bits per heavy atom. The van der Waals surface area contributed by atoms with Crippen LogP contribution >= 0.6 is 0 Å². The number of carbonyl (C=O) groups is 6. The lowest BCUT2D eigenvalue weighted by atomic mass is 9.98. The third-order valence-corrected chi connectivity index (χ3v) is 8.36. The highest BCUT2D eigenvalue weighted by molar-refractivity contribution is 5.81. The van der Waals surface area contributed by atoms with E-state index in [-0.39, 0.29) is 17.0 Å². The molecular weight excluding hydrogens is 748 g/mol. The number of fused-ring (bicyclic) bond motifs is 2. The van der Waals surface area contributed by atoms with Crippen LogP contribution in [0, 0.1) is 13.8 Å². The summed E-state index contributed by atoms with van der Waals surface area (Å²) < 4.78 is 46.0. The highest BCUT2D eigenvalue weighted by atomic mass is 16.7. The third-order valence-electron chi connectivity index (χ3n) is 8.36. The summed E-state index contributed by atoms with van der Waals surface area (Å²) in [4.78, 5) is 110. The molecule has 1 aromatic rings. The summed E-state index contributed by atoms with van der Waals surface area (Å²) in [5.41, 5.74) is 0.0703. The van der Waals surface area contributed by atoms with Gasteiger partial charge in [-0.15, -0.1) is 0 Å². The number of aromatic amines is 1. The summed E-state index contributed by atoms with van der Waals surface area (Å²) in [6, 6.07) is 3.38. The number of aliphatic hydroxyl groups excluding tert-OH is 1. The van der Waals surface area contributed by atoms with Crippen molar-refractivity contribution < 1.29 is 71.8 Å². The normalized spacial score (nSPS) is 21.0. The van der Waals surface area contributed by atoms with Crippen LogP contribution in [0.1, 0.15) is 52.7 Å². The molecule has 0 unspecified atom stereocenters. The van der Waals surface area contributed by atoms with Gasteiger partial charge in [0, 0.05) is 41.5 Å². The zero-order valence-electron chi connectivity index (χ0n) is 31.7. The quantitative estimate of drug-likeness (QED) is 0.119. The lowest BCUT2D eigenvalue weighted by Gasteiger charge is -2.44. The number of aryl methyl sites for hydroxylation is 2. The third kappa shape index (κ3) is 10.5. The molecule has 0 radical (unpaired) electrons. The number of aromatic nitrogens is 4. The van der Waals surface area contributed by atoms with Crippen molar-refractivity contribution in [2.24, 2.45) is 0 Å². The van der Waals surface area contributed by atoms with Crippen LogP contribution in [0.2, 0.25) is 0 Å². The van der Waals surface area contributed by atoms with E-state index < -0.39 is 116 Å². The number of aliphatic hydroxyl groups is 1. The molecular formula is C35H42N4O17. The van der Waals surface area contributed by atoms with Crippen molar-refractivity contribution in [3.63, 3.8) is 0 Å². The molecule has 21 nitrogen and oxygen atoms in total. The van der Waals surface area contributed by atoms with Gasteiger partial charge in [-0.05, 0) is 37.1 Å². The Bertz CT molecular complexity index is 2080. The first kappa shape index (κ1) is 42.9. The molecule has 3 aliphatic rings. The maximum atomic E-state index is 12.9. The Labute approximate surface area is 317 Å². The molecule has 2 N–H and O–H groups in total. The van der Waals surface area contributed by atoms with E-state index in [0.29, 0.717) is 5.52 Å². The minimum Gasteiger partial charge on any atom is -0.457 e. The number of esters is 6. The van der Waals surface area contributed by atoms with E-state index >= 15 is 0 Å². The van der Waals surface area contributed by atoms with E-state index in [1.807, 2.05) is 6.92 Å². The van der Waals surface area contributed by atoms with Crippen LogP contribution in [0.15, 0.2) is 21.7 Å². The van der Waals surface area contributed by atoms with E-state index in [9.17, 15) is 43.5 Å². The van der Waals surface area contributed by atoms with Gasteiger partial charge in [0.1, 0.15) is 6.10 Å². The molecule has 0 spiro atoms. The highest BCUT2D eigenvalue weighted by Gasteiger charge is 2.53. The molecule has 3 aliphatic heterocycles. The van der Waals surface area contributed by atoms with Crippen LogP contribution < -0.4 is 11.2 Å². The topological polar surface area (TPSA) is 277 Å². The summed E-state index contributed by atoms with van der Waals surface area (Å²) in [6.07, 6.45) is -12.8. The van der Waals surface area contributed by atoms with Crippen LogP contribution in [0.3, 0.4) is 0 Å². The number of hydrogen-bond acceptors (Lipinski definition) is 19. The number of rotatable bonds is 14. The number of hydrogen-bond donors (Lipinski definition) is 2. The van der Waals surface area contributed by atoms with Crippen molar-refractivity contribution in [3.8, 4) is 11.5 Å². The maximum absolute atomic E-state index is 12.9. The minimum atomic E-state index is -1.73. The van der Waals surface area contributed by atoms with Gasteiger partial charge in [0.15, 0.2) is 54.4 Å². The Hall–Kier alpha value is -5.80. The lowest BCUT2D eigenvalue weighted by molar-refractivity contribution is -0.312. The minimum absolute atomic E-state index is 0.220. The van der Waals surface area contributed by atoms with Gasteiger partial charge >= 0.3 is 41.5 Å². The van der Waals surface area contributed by atoms with Crippen LogP contribution in [0.25, 0.3) is 22.6 Å². The van der Waals surface area contributed by atoms with Gasteiger partial charge in [-0.3, -0.25) is 38.5 Å². The molecule has 1 saturated heterocycles. The van der Waals surface area contributed by atoms with Gasteiger partial charge in [-0.1, -0.05) is 0 Å². The smallest absolute Gasteiger partial charge is 0.349 e. The van der Waals surface area contributed by atoms with Crippen molar-refractivity contribution in [3.05, 3.63) is 44.1 Å². The number of nitrogens with zero attached hydrogens (tertiary/aromatic N) is 3. The molecule has 56 heavy (non-hydrogen) atoms. The first-order valence-corrected chi connectivity index (χ1v) is 17.1. The molecule has 1 aromatic carbocycles. The van der Waals surface area contributed by atoms with Gasteiger partial charge in [0.25, 0.3) is 5.56 Å². The first-order valence-electron chi connectivity index (χ1n) is 17.1. The SMILES string of the molecule is CC(=O)O[C@@H]1[C@@H](OC(C)=O)[C@@H](OC[C@@H](OC(C)=O)[C@@H](OC(C)=O)[C@H](Cn2c3nc(=O)[nH]c(=O)c-3nc3cc(C)c(C)cc32)OC(C)=O)O[C@H](CO)[C@H]1OC(C)=O. The molecule has 4 rings (SSSR count). The molecule has 0 aliphatic carbocycles. The van der Waals surface area contributed by atoms with E-state index in [2.05, 4.69) is 15.0 Å². The van der Waals surface area contributed by atoms with E-state index in [1.165, 1.54) is 4.57 Å². The summed E-state index contributed by atoms with van der Waals surface area (Å²) in [6.45, 7) is 7.74. The zero-order valence-corrected chi connectivity index (χ0v) is 31.7. The predicted octanol–water partition coefficient (Wildman–Crippen LogP) is -0.475. The molecule has 3 heterocycles. The second-order valence-electron chi connectivity index (χ2n) is 12.8. The van der Waals surface area contributed by atoms with Gasteiger partial charge < -0.3 is 47.6 Å². The molecule has 0 aromatic heterocycles. The average Bonchev–Trinajstić information content (AvgIpc) is 3.07. The van der Waals surface area contributed by atoms with Crippen molar-refractivity contribution in [1.29, 1.82) is 0 Å². The maximum Gasteiger partial charge on any atom is 0.349 e. The van der Waals surface area contributed by atoms with Gasteiger partial charge in [0.2, 0.25) is 0 Å².